The molecule has 3 rings (SSSR count). The fourth-order valence-corrected chi connectivity index (χ4v) is 4.12. The van der Waals surface area contributed by atoms with Crippen molar-refractivity contribution in [3.05, 3.63) is 84.3 Å². The maximum atomic E-state index is 13.1. The molecule has 0 spiro atoms. The number of nitrogens with one attached hydrogen (secondary N) is 1. The van der Waals surface area contributed by atoms with Crippen LogP contribution in [-0.4, -0.2) is 21.1 Å². The van der Waals surface area contributed by atoms with E-state index in [1.807, 2.05) is 6.92 Å². The zero-order valence-corrected chi connectivity index (χ0v) is 15.5. The molecule has 2 aromatic carbocycles. The summed E-state index contributed by atoms with van der Waals surface area (Å²) in [5.74, 6) is 0.613. The third-order valence-corrected chi connectivity index (χ3v) is 6.05. The number of rotatable bonds is 6. The van der Waals surface area contributed by atoms with Gasteiger partial charge in [0.15, 0.2) is 9.84 Å². The van der Waals surface area contributed by atoms with Gasteiger partial charge in [0.1, 0.15) is 16.8 Å². The van der Waals surface area contributed by atoms with Crippen LogP contribution in [0.1, 0.15) is 16.6 Å². The second-order valence-corrected chi connectivity index (χ2v) is 8.08. The molecular weight excluding hydrogens is 366 g/mol. The molecule has 27 heavy (non-hydrogen) atoms. The lowest BCUT2D eigenvalue weighted by Crippen LogP contribution is -2.33. The summed E-state index contributed by atoms with van der Waals surface area (Å²) in [4.78, 5) is 12.2. The third-order valence-electron chi connectivity index (χ3n) is 3.97. The van der Waals surface area contributed by atoms with Gasteiger partial charge >= 0.3 is 6.09 Å². The van der Waals surface area contributed by atoms with Gasteiger partial charge in [-0.1, -0.05) is 35.9 Å². The lowest BCUT2D eigenvalue weighted by atomic mass is 10.2. The van der Waals surface area contributed by atoms with E-state index in [0.717, 1.165) is 5.56 Å². The number of sulfone groups is 1. The maximum Gasteiger partial charge on any atom is 0.412 e. The van der Waals surface area contributed by atoms with Gasteiger partial charge in [-0.15, -0.1) is 0 Å². The number of amides is 1. The number of para-hydroxylation sites is 1. The summed E-state index contributed by atoms with van der Waals surface area (Å²) >= 11 is 0. The average Bonchev–Trinajstić information content (AvgIpc) is 3.17. The topological polar surface area (TPSA) is 85.6 Å². The Bertz CT molecular complexity index is 981. The Labute approximate surface area is 157 Å². The smallest absolute Gasteiger partial charge is 0.412 e. The molecule has 1 amide bonds. The second-order valence-electron chi connectivity index (χ2n) is 5.95. The summed E-state index contributed by atoms with van der Waals surface area (Å²) in [6, 6.07) is 18.2. The first-order chi connectivity index (χ1) is 13.0. The van der Waals surface area contributed by atoms with Crippen LogP contribution >= 0.6 is 0 Å². The molecule has 0 radical (unpaired) electrons. The Kier molecular flexibility index (Phi) is 5.61. The first-order valence-electron chi connectivity index (χ1n) is 8.31. The van der Waals surface area contributed by atoms with Crippen LogP contribution in [0.3, 0.4) is 0 Å². The van der Waals surface area contributed by atoms with Crippen LogP contribution in [0.5, 0.6) is 5.75 Å². The molecule has 0 fully saturated rings. The molecule has 7 heteroatoms. The van der Waals surface area contributed by atoms with Crippen LogP contribution in [0, 0.1) is 6.92 Å². The minimum absolute atomic E-state index is 0.160. The van der Waals surface area contributed by atoms with Crippen molar-refractivity contribution in [1.82, 2.24) is 5.32 Å². The molecule has 1 aromatic heterocycles. The SMILES string of the molecule is Cc1ccc(S(=O)(=O)C(CNC(=O)Oc2ccccc2)c2ccco2)cc1. The lowest BCUT2D eigenvalue weighted by Gasteiger charge is -2.16. The summed E-state index contributed by atoms with van der Waals surface area (Å²) in [6.45, 7) is 1.69. The molecule has 1 N–H and O–H groups in total. The molecule has 1 unspecified atom stereocenters. The third kappa shape index (κ3) is 4.57. The van der Waals surface area contributed by atoms with Crippen LogP contribution in [0.15, 0.2) is 82.3 Å². The van der Waals surface area contributed by atoms with E-state index >= 15 is 0 Å². The van der Waals surface area contributed by atoms with Crippen molar-refractivity contribution < 1.29 is 22.4 Å². The Morgan fingerprint density at radius 1 is 1.04 bits per heavy atom. The summed E-state index contributed by atoms with van der Waals surface area (Å²) in [6.07, 6.45) is 0.659. The van der Waals surface area contributed by atoms with Gasteiger partial charge in [-0.3, -0.25) is 0 Å². The molecule has 0 saturated carbocycles. The van der Waals surface area contributed by atoms with Crippen molar-refractivity contribution in [1.29, 1.82) is 0 Å². The maximum absolute atomic E-state index is 13.1. The molecule has 140 valence electrons. The summed E-state index contributed by atoms with van der Waals surface area (Å²) in [5, 5.41) is 1.44. The van der Waals surface area contributed by atoms with Crippen LogP contribution in [0.25, 0.3) is 0 Å². The highest BCUT2D eigenvalue weighted by Gasteiger charge is 2.32. The van der Waals surface area contributed by atoms with Crippen molar-refractivity contribution in [2.75, 3.05) is 6.54 Å². The predicted octanol–water partition coefficient (Wildman–Crippen LogP) is 3.89. The van der Waals surface area contributed by atoms with E-state index in [0.29, 0.717) is 5.75 Å². The van der Waals surface area contributed by atoms with Crippen molar-refractivity contribution in [3.63, 3.8) is 0 Å². The normalized spacial score (nSPS) is 12.3. The Morgan fingerprint density at radius 2 is 1.74 bits per heavy atom. The molecule has 1 heterocycles. The monoisotopic (exact) mass is 385 g/mol. The quantitative estimate of drug-likeness (QED) is 0.696. The minimum atomic E-state index is -3.77. The van der Waals surface area contributed by atoms with Crippen molar-refractivity contribution in [2.45, 2.75) is 17.1 Å². The Balaban J connectivity index is 1.78. The van der Waals surface area contributed by atoms with Gasteiger partial charge in [0, 0.05) is 6.54 Å². The molecule has 0 saturated heterocycles. The van der Waals surface area contributed by atoms with Gasteiger partial charge in [0.25, 0.3) is 0 Å². The number of carbonyl (C=O) groups excluding carboxylic acids is 1. The van der Waals surface area contributed by atoms with Gasteiger partial charge < -0.3 is 14.5 Å². The van der Waals surface area contributed by atoms with Gasteiger partial charge in [-0.2, -0.15) is 0 Å². The molecule has 6 nitrogen and oxygen atoms in total. The highest BCUT2D eigenvalue weighted by Crippen LogP contribution is 2.29. The number of benzene rings is 2. The molecule has 0 aliphatic rings. The minimum Gasteiger partial charge on any atom is -0.468 e. The number of carbonyl (C=O) groups is 1. The van der Waals surface area contributed by atoms with E-state index in [4.69, 9.17) is 9.15 Å². The zero-order chi connectivity index (χ0) is 19.3. The van der Waals surface area contributed by atoms with Gasteiger partial charge in [0.05, 0.1) is 11.2 Å². The number of furan rings is 1. The lowest BCUT2D eigenvalue weighted by molar-refractivity contribution is 0.200. The Hall–Kier alpha value is -3.06. The van der Waals surface area contributed by atoms with Gasteiger partial charge in [0.2, 0.25) is 0 Å². The van der Waals surface area contributed by atoms with E-state index in [-0.39, 0.29) is 17.2 Å². The molecule has 0 aliphatic heterocycles. The van der Waals surface area contributed by atoms with Crippen LogP contribution in [0.2, 0.25) is 0 Å². The fraction of sp³-hybridized carbons (Fsp3) is 0.150. The number of hydrogen-bond donors (Lipinski definition) is 1. The molecule has 1 atom stereocenters. The summed E-state index contributed by atoms with van der Waals surface area (Å²) in [5.41, 5.74) is 0.952. The summed E-state index contributed by atoms with van der Waals surface area (Å²) < 4.78 is 36.6. The second kappa shape index (κ2) is 8.09. The van der Waals surface area contributed by atoms with E-state index in [1.54, 1.807) is 66.7 Å². The first kappa shape index (κ1) is 18.7. The number of hydrogen-bond acceptors (Lipinski definition) is 5. The van der Waals surface area contributed by atoms with Crippen molar-refractivity contribution in [2.24, 2.45) is 0 Å². The van der Waals surface area contributed by atoms with Crippen LogP contribution < -0.4 is 10.1 Å². The molecule has 0 bridgehead atoms. The number of aryl methyl sites for hydroxylation is 1. The van der Waals surface area contributed by atoms with E-state index in [1.165, 1.54) is 6.26 Å². The van der Waals surface area contributed by atoms with Crippen molar-refractivity contribution in [3.8, 4) is 5.75 Å². The highest BCUT2D eigenvalue weighted by atomic mass is 32.2. The largest absolute Gasteiger partial charge is 0.468 e. The zero-order valence-electron chi connectivity index (χ0n) is 14.7. The van der Waals surface area contributed by atoms with E-state index < -0.39 is 21.2 Å². The predicted molar refractivity (Wildman–Crippen MR) is 100 cm³/mol. The fourth-order valence-electron chi connectivity index (χ4n) is 2.54. The van der Waals surface area contributed by atoms with E-state index in [2.05, 4.69) is 5.32 Å². The molecule has 0 aliphatic carbocycles. The van der Waals surface area contributed by atoms with Gasteiger partial charge in [-0.05, 0) is 43.3 Å². The van der Waals surface area contributed by atoms with Crippen LogP contribution in [-0.2, 0) is 9.84 Å². The van der Waals surface area contributed by atoms with Gasteiger partial charge in [-0.25, -0.2) is 13.2 Å². The molecular formula is C20H19NO5S. The van der Waals surface area contributed by atoms with Crippen LogP contribution in [0.4, 0.5) is 4.79 Å². The van der Waals surface area contributed by atoms with Crippen molar-refractivity contribution >= 4 is 15.9 Å². The first-order valence-corrected chi connectivity index (χ1v) is 9.86. The molecule has 3 aromatic rings. The highest BCUT2D eigenvalue weighted by molar-refractivity contribution is 7.91. The standard InChI is InChI=1S/C20H19NO5S/c1-15-9-11-17(12-10-15)27(23,24)19(18-8-5-13-25-18)14-21-20(22)26-16-6-3-2-4-7-16/h2-13,19H,14H2,1H3,(H,21,22). The average molecular weight is 385 g/mol. The number of ether oxygens (including phenoxy) is 1. The Morgan fingerprint density at radius 3 is 2.37 bits per heavy atom. The van der Waals surface area contributed by atoms with E-state index in [9.17, 15) is 13.2 Å². The summed E-state index contributed by atoms with van der Waals surface area (Å²) in [7, 11) is -3.77.